The Kier molecular flexibility index (Phi) is 3.18. The third kappa shape index (κ3) is 2.50. The quantitative estimate of drug-likeness (QED) is 0.870. The Balaban J connectivity index is 2.37. The molecule has 1 heterocycles. The van der Waals surface area contributed by atoms with Crippen LogP contribution in [-0.2, 0) is 0 Å². The van der Waals surface area contributed by atoms with E-state index in [9.17, 15) is 0 Å². The van der Waals surface area contributed by atoms with Crippen LogP contribution in [0.5, 0.6) is 5.75 Å². The summed E-state index contributed by atoms with van der Waals surface area (Å²) in [4.78, 5) is 4.12. The monoisotopic (exact) mass is 230 g/mol. The lowest BCUT2D eigenvalue weighted by molar-refractivity contribution is 0.338. The number of nitrogens with two attached hydrogens (primary N) is 1. The van der Waals surface area contributed by atoms with E-state index in [1.165, 1.54) is 0 Å². The molecule has 1 aromatic heterocycles. The van der Waals surface area contributed by atoms with Crippen molar-refractivity contribution >= 4 is 5.95 Å². The number of anilines is 1. The zero-order valence-electron chi connectivity index (χ0n) is 9.84. The molecule has 0 aliphatic heterocycles. The van der Waals surface area contributed by atoms with E-state index >= 15 is 0 Å². The average molecular weight is 230 g/mol. The van der Waals surface area contributed by atoms with Gasteiger partial charge < -0.3 is 10.5 Å². The topological polar surface area (TPSA) is 73.9 Å². The van der Waals surface area contributed by atoms with Crippen LogP contribution in [0.15, 0.2) is 24.4 Å². The number of ether oxygens (including phenoxy) is 1. The highest BCUT2D eigenvalue weighted by atomic mass is 16.5. The molecule has 2 aromatic rings. The zero-order valence-corrected chi connectivity index (χ0v) is 9.84. The van der Waals surface area contributed by atoms with Crippen molar-refractivity contribution in [3.63, 3.8) is 0 Å². The predicted molar refractivity (Wildman–Crippen MR) is 65.6 cm³/mol. The number of hydrogen-bond donors (Lipinski definition) is 1. The van der Waals surface area contributed by atoms with Crippen molar-refractivity contribution in [3.05, 3.63) is 30.0 Å². The van der Waals surface area contributed by atoms with Crippen molar-refractivity contribution in [1.29, 1.82) is 0 Å². The van der Waals surface area contributed by atoms with Gasteiger partial charge in [0.2, 0.25) is 5.95 Å². The van der Waals surface area contributed by atoms with Crippen molar-refractivity contribution in [2.24, 2.45) is 0 Å². The summed E-state index contributed by atoms with van der Waals surface area (Å²) in [5.41, 5.74) is 8.22. The van der Waals surface area contributed by atoms with Gasteiger partial charge in [0.05, 0.1) is 18.5 Å². The van der Waals surface area contributed by atoms with Crippen LogP contribution in [0.2, 0.25) is 0 Å². The molecule has 0 fully saturated rings. The average Bonchev–Trinajstić information content (AvgIpc) is 2.32. The molecule has 0 saturated carbocycles. The second-order valence-electron chi connectivity index (χ2n) is 3.61. The van der Waals surface area contributed by atoms with Gasteiger partial charge >= 0.3 is 0 Å². The first-order chi connectivity index (χ1) is 8.20. The number of benzene rings is 1. The van der Waals surface area contributed by atoms with Crippen LogP contribution >= 0.6 is 0 Å². The van der Waals surface area contributed by atoms with E-state index in [0.717, 1.165) is 16.9 Å². The molecular formula is C12H14N4O. The fourth-order valence-electron chi connectivity index (χ4n) is 1.58. The van der Waals surface area contributed by atoms with Crippen LogP contribution in [0.3, 0.4) is 0 Å². The number of aryl methyl sites for hydroxylation is 1. The number of aromatic nitrogens is 3. The maximum atomic E-state index is 5.50. The molecule has 0 atom stereocenters. The van der Waals surface area contributed by atoms with Crippen molar-refractivity contribution in [2.75, 3.05) is 12.3 Å². The van der Waals surface area contributed by atoms with Gasteiger partial charge in [0.15, 0.2) is 0 Å². The number of nitrogens with zero attached hydrogens (tertiary/aromatic N) is 3. The molecular weight excluding hydrogens is 216 g/mol. The highest BCUT2D eigenvalue weighted by Gasteiger charge is 2.05. The number of nitrogen functional groups attached to an aromatic ring is 1. The lowest BCUT2D eigenvalue weighted by Crippen LogP contribution is -1.99. The summed E-state index contributed by atoms with van der Waals surface area (Å²) in [6, 6.07) is 5.85. The van der Waals surface area contributed by atoms with Gasteiger partial charge in [-0.1, -0.05) is 0 Å². The second kappa shape index (κ2) is 4.78. The Morgan fingerprint density at radius 2 is 2.18 bits per heavy atom. The highest BCUT2D eigenvalue weighted by molar-refractivity contribution is 5.61. The predicted octanol–water partition coefficient (Wildman–Crippen LogP) is 1.83. The normalized spacial score (nSPS) is 10.2. The standard InChI is InChI=1S/C12H14N4O/c1-3-17-11-5-4-9(6-8(11)2)10-7-14-16-12(13)15-10/h4-7H,3H2,1-2H3,(H2,13,15,16). The summed E-state index contributed by atoms with van der Waals surface area (Å²) in [6.07, 6.45) is 1.59. The minimum atomic E-state index is 0.175. The Morgan fingerprint density at radius 1 is 1.35 bits per heavy atom. The minimum absolute atomic E-state index is 0.175. The Labute approximate surface area is 99.7 Å². The lowest BCUT2D eigenvalue weighted by atomic mass is 10.1. The SMILES string of the molecule is CCOc1ccc(-c2cnnc(N)n2)cc1C. The summed E-state index contributed by atoms with van der Waals surface area (Å²) in [5, 5.41) is 7.41. The van der Waals surface area contributed by atoms with Crippen LogP contribution < -0.4 is 10.5 Å². The smallest absolute Gasteiger partial charge is 0.240 e. The molecule has 0 unspecified atom stereocenters. The lowest BCUT2D eigenvalue weighted by Gasteiger charge is -2.08. The third-order valence-corrected chi connectivity index (χ3v) is 2.35. The minimum Gasteiger partial charge on any atom is -0.494 e. The van der Waals surface area contributed by atoms with Crippen molar-refractivity contribution in [2.45, 2.75) is 13.8 Å². The molecule has 0 radical (unpaired) electrons. The van der Waals surface area contributed by atoms with Gasteiger partial charge in [-0.15, -0.1) is 5.10 Å². The summed E-state index contributed by atoms with van der Waals surface area (Å²) in [6.45, 7) is 4.61. The largest absolute Gasteiger partial charge is 0.494 e. The third-order valence-electron chi connectivity index (χ3n) is 2.35. The second-order valence-corrected chi connectivity index (χ2v) is 3.61. The molecule has 0 aliphatic rings. The van der Waals surface area contributed by atoms with Crippen LogP contribution in [0.1, 0.15) is 12.5 Å². The molecule has 0 spiro atoms. The van der Waals surface area contributed by atoms with E-state index in [-0.39, 0.29) is 5.95 Å². The first kappa shape index (κ1) is 11.3. The maximum absolute atomic E-state index is 5.50. The van der Waals surface area contributed by atoms with Crippen LogP contribution in [0.4, 0.5) is 5.95 Å². The van der Waals surface area contributed by atoms with Crippen LogP contribution in [0, 0.1) is 6.92 Å². The molecule has 0 aliphatic carbocycles. The maximum Gasteiger partial charge on any atom is 0.240 e. The molecule has 88 valence electrons. The van der Waals surface area contributed by atoms with Gasteiger partial charge in [0.25, 0.3) is 0 Å². The fourth-order valence-corrected chi connectivity index (χ4v) is 1.58. The fraction of sp³-hybridized carbons (Fsp3) is 0.250. The van der Waals surface area contributed by atoms with Gasteiger partial charge in [0, 0.05) is 5.56 Å². The van der Waals surface area contributed by atoms with Gasteiger partial charge in [-0.3, -0.25) is 0 Å². The zero-order chi connectivity index (χ0) is 12.3. The van der Waals surface area contributed by atoms with Gasteiger partial charge in [-0.25, -0.2) is 4.98 Å². The van der Waals surface area contributed by atoms with Crippen LogP contribution in [-0.4, -0.2) is 21.8 Å². The summed E-state index contributed by atoms with van der Waals surface area (Å²) in [5.74, 6) is 1.06. The van der Waals surface area contributed by atoms with E-state index in [4.69, 9.17) is 10.5 Å². The Morgan fingerprint density at radius 3 is 2.82 bits per heavy atom. The number of hydrogen-bond acceptors (Lipinski definition) is 5. The van der Waals surface area contributed by atoms with Gasteiger partial charge in [0.1, 0.15) is 5.75 Å². The van der Waals surface area contributed by atoms with Crippen molar-refractivity contribution in [1.82, 2.24) is 15.2 Å². The van der Waals surface area contributed by atoms with E-state index in [0.29, 0.717) is 12.3 Å². The van der Waals surface area contributed by atoms with E-state index in [1.807, 2.05) is 32.0 Å². The molecule has 5 nitrogen and oxygen atoms in total. The molecule has 2 N–H and O–H groups in total. The molecule has 2 rings (SSSR count). The van der Waals surface area contributed by atoms with Crippen molar-refractivity contribution in [3.8, 4) is 17.0 Å². The van der Waals surface area contributed by atoms with E-state index in [2.05, 4.69) is 15.2 Å². The molecule has 0 amide bonds. The van der Waals surface area contributed by atoms with E-state index < -0.39 is 0 Å². The summed E-state index contributed by atoms with van der Waals surface area (Å²) in [7, 11) is 0. The molecule has 0 bridgehead atoms. The molecule has 0 saturated heterocycles. The Bertz CT molecular complexity index is 528. The van der Waals surface area contributed by atoms with E-state index in [1.54, 1.807) is 6.20 Å². The summed E-state index contributed by atoms with van der Waals surface area (Å²) < 4.78 is 5.48. The summed E-state index contributed by atoms with van der Waals surface area (Å²) >= 11 is 0. The first-order valence-corrected chi connectivity index (χ1v) is 5.39. The van der Waals surface area contributed by atoms with Gasteiger partial charge in [-0.2, -0.15) is 5.10 Å². The molecule has 17 heavy (non-hydrogen) atoms. The van der Waals surface area contributed by atoms with Gasteiger partial charge in [-0.05, 0) is 37.6 Å². The molecule has 1 aromatic carbocycles. The first-order valence-electron chi connectivity index (χ1n) is 5.39. The Hall–Kier alpha value is -2.17. The molecule has 5 heteroatoms. The van der Waals surface area contributed by atoms with Crippen LogP contribution in [0.25, 0.3) is 11.3 Å². The van der Waals surface area contributed by atoms with Crippen molar-refractivity contribution < 1.29 is 4.74 Å². The highest BCUT2D eigenvalue weighted by Crippen LogP contribution is 2.24. The number of rotatable bonds is 3.